The van der Waals surface area contributed by atoms with E-state index >= 15 is 0 Å². The van der Waals surface area contributed by atoms with Crippen LogP contribution in [0.2, 0.25) is 0 Å². The maximum absolute atomic E-state index is 13.8. The van der Waals surface area contributed by atoms with Gasteiger partial charge in [-0.2, -0.15) is 0 Å². The molecule has 0 radical (unpaired) electrons. The van der Waals surface area contributed by atoms with Gasteiger partial charge in [-0.15, -0.1) is 0 Å². The molecule has 8 aromatic rings. The summed E-state index contributed by atoms with van der Waals surface area (Å²) in [5.74, 6) is -0.192. The van der Waals surface area contributed by atoms with Gasteiger partial charge >= 0.3 is 0 Å². The van der Waals surface area contributed by atoms with Crippen LogP contribution >= 0.6 is 0 Å². The molecular formula is C82H81N8O+3. The normalized spacial score (nSPS) is 14.8. The number of benzene rings is 2. The van der Waals surface area contributed by atoms with Crippen LogP contribution in [0.5, 0.6) is 0 Å². The number of hydrogen-bond donors (Lipinski definition) is 3. The molecule has 0 saturated carbocycles. The highest BCUT2D eigenvalue weighted by atomic mass is 16.1. The number of allylic oxidation sites excluding steroid dienone is 19. The Balaban J connectivity index is 0.814. The van der Waals surface area contributed by atoms with Crippen LogP contribution in [0, 0.1) is 5.41 Å². The predicted octanol–water partition coefficient (Wildman–Crippen LogP) is 18.6. The second kappa shape index (κ2) is 27.8. The van der Waals surface area contributed by atoms with Crippen molar-refractivity contribution < 1.29 is 18.5 Å². The predicted molar refractivity (Wildman–Crippen MR) is 379 cm³/mol. The first-order chi connectivity index (χ1) is 44.0. The van der Waals surface area contributed by atoms with Crippen molar-refractivity contribution in [3.8, 4) is 44.5 Å². The van der Waals surface area contributed by atoms with Crippen molar-refractivity contribution in [2.45, 2.75) is 67.7 Å². The van der Waals surface area contributed by atoms with Gasteiger partial charge < -0.3 is 15.3 Å². The van der Waals surface area contributed by atoms with Crippen LogP contribution in [0.15, 0.2) is 259 Å². The molecule has 0 atom stereocenters. The van der Waals surface area contributed by atoms with Gasteiger partial charge in [0.05, 0.1) is 22.8 Å². The number of nitrogens with one attached hydrogen (secondary N) is 3. The minimum Gasteiger partial charge on any atom is -0.354 e. The zero-order valence-electron chi connectivity index (χ0n) is 54.0. The van der Waals surface area contributed by atoms with Gasteiger partial charge in [0.15, 0.2) is 37.2 Å². The van der Waals surface area contributed by atoms with Crippen LogP contribution in [0.3, 0.4) is 0 Å². The topological polar surface area (TPSA) is 98.1 Å². The van der Waals surface area contributed by atoms with Crippen molar-refractivity contribution in [3.63, 3.8) is 0 Å². The van der Waals surface area contributed by atoms with E-state index in [2.05, 4.69) is 278 Å². The summed E-state index contributed by atoms with van der Waals surface area (Å²) in [6.45, 7) is 15.5. The van der Waals surface area contributed by atoms with E-state index in [0.717, 1.165) is 106 Å². The number of aromatic amines is 2. The van der Waals surface area contributed by atoms with Gasteiger partial charge in [-0.25, -0.2) is 23.7 Å². The van der Waals surface area contributed by atoms with Crippen LogP contribution in [0.1, 0.15) is 106 Å². The molecule has 2 aromatic carbocycles. The number of aryl methyl sites for hydroxylation is 3. The van der Waals surface area contributed by atoms with Crippen molar-refractivity contribution >= 4 is 64.0 Å². The highest BCUT2D eigenvalue weighted by Gasteiger charge is 2.27. The first-order valence-electron chi connectivity index (χ1n) is 31.4. The number of H-pyrrole nitrogens is 2. The molecule has 0 saturated heterocycles. The van der Waals surface area contributed by atoms with Crippen LogP contribution in [0.4, 0.5) is 5.69 Å². The maximum Gasteiger partial charge on any atom is 0.255 e. The Hall–Kier alpha value is -10.6. The van der Waals surface area contributed by atoms with E-state index in [9.17, 15) is 4.79 Å². The first kappa shape index (κ1) is 62.0. The quantitative estimate of drug-likeness (QED) is 0.0664. The number of nitrogens with zero attached hydrogens (tertiary/aromatic N) is 5. The van der Waals surface area contributed by atoms with E-state index < -0.39 is 0 Å². The third kappa shape index (κ3) is 15.1. The zero-order chi connectivity index (χ0) is 63.6. The average Bonchev–Trinajstić information content (AvgIpc) is 1.72. The van der Waals surface area contributed by atoms with Crippen molar-refractivity contribution in [1.82, 2.24) is 19.9 Å². The summed E-state index contributed by atoms with van der Waals surface area (Å²) < 4.78 is 6.20. The van der Waals surface area contributed by atoms with E-state index in [0.29, 0.717) is 11.3 Å². The fourth-order valence-corrected chi connectivity index (χ4v) is 12.1. The fourth-order valence-electron chi connectivity index (χ4n) is 12.1. The zero-order valence-corrected chi connectivity index (χ0v) is 54.0. The number of carbonyl (C=O) groups excluding carboxylic acids is 1. The van der Waals surface area contributed by atoms with Crippen molar-refractivity contribution in [2.24, 2.45) is 26.6 Å². The summed E-state index contributed by atoms with van der Waals surface area (Å²) in [4.78, 5) is 32.5. The van der Waals surface area contributed by atoms with E-state index in [4.69, 9.17) is 9.97 Å². The van der Waals surface area contributed by atoms with Gasteiger partial charge in [-0.3, -0.25) is 4.79 Å². The molecule has 3 aliphatic rings. The summed E-state index contributed by atoms with van der Waals surface area (Å²) >= 11 is 0. The monoisotopic (exact) mass is 1190 g/mol. The second-order valence-electron chi connectivity index (χ2n) is 24.8. The maximum atomic E-state index is 13.8. The molecular weight excluding hydrogens is 1110 g/mol. The van der Waals surface area contributed by atoms with Gasteiger partial charge in [0.25, 0.3) is 5.91 Å². The van der Waals surface area contributed by atoms with Crippen LogP contribution < -0.4 is 19.0 Å². The molecule has 0 unspecified atom stereocenters. The number of pyridine rings is 3. The van der Waals surface area contributed by atoms with Crippen LogP contribution in [0.25, 0.3) is 97.0 Å². The van der Waals surface area contributed by atoms with Crippen molar-refractivity contribution in [2.75, 3.05) is 5.32 Å². The number of hydrogen-bond acceptors (Lipinski definition) is 3. The van der Waals surface area contributed by atoms with Crippen LogP contribution in [-0.2, 0) is 21.1 Å². The molecule has 6 aromatic heterocycles. The molecule has 9 nitrogen and oxygen atoms in total. The molecule has 91 heavy (non-hydrogen) atoms. The van der Waals surface area contributed by atoms with Gasteiger partial charge in [0.1, 0.15) is 21.1 Å². The molecule has 2 aliphatic heterocycles. The van der Waals surface area contributed by atoms with E-state index in [1.807, 2.05) is 76.1 Å². The Morgan fingerprint density at radius 3 is 1.33 bits per heavy atom. The lowest BCUT2D eigenvalue weighted by Crippen LogP contribution is -2.26. The number of anilines is 1. The molecule has 11 rings (SSSR count). The molecule has 0 spiro atoms. The lowest BCUT2D eigenvalue weighted by molar-refractivity contribution is -0.671. The van der Waals surface area contributed by atoms with Gasteiger partial charge in [0, 0.05) is 90.5 Å². The molecule has 0 fully saturated rings. The Morgan fingerprint density at radius 1 is 0.495 bits per heavy atom. The van der Waals surface area contributed by atoms with Gasteiger partial charge in [-0.1, -0.05) is 151 Å². The molecule has 8 heterocycles. The third-order valence-corrected chi connectivity index (χ3v) is 16.9. The fraction of sp³-hybridized carbons (Fsp3) is 0.171. The summed E-state index contributed by atoms with van der Waals surface area (Å²) in [6.07, 6.45) is 54.6. The Morgan fingerprint density at radius 2 is 0.901 bits per heavy atom. The minimum atomic E-state index is -0.192. The number of amides is 1. The first-order valence-corrected chi connectivity index (χ1v) is 31.4. The lowest BCUT2D eigenvalue weighted by Gasteiger charge is -2.32. The van der Waals surface area contributed by atoms with Crippen molar-refractivity contribution in [1.29, 1.82) is 0 Å². The third-order valence-electron chi connectivity index (χ3n) is 16.9. The lowest BCUT2D eigenvalue weighted by atomic mass is 9.72. The van der Waals surface area contributed by atoms with E-state index in [1.54, 1.807) is 0 Å². The number of rotatable bonds is 16. The summed E-state index contributed by atoms with van der Waals surface area (Å²) in [6, 6.07) is 36.8. The Labute approximate surface area is 536 Å². The molecule has 8 bridgehead atoms. The highest BCUT2D eigenvalue weighted by Crippen LogP contribution is 2.42. The largest absolute Gasteiger partial charge is 0.354 e. The summed E-state index contributed by atoms with van der Waals surface area (Å²) in [5.41, 5.74) is 25.0. The Bertz CT molecular complexity index is 4640. The minimum absolute atomic E-state index is 0.192. The molecule has 452 valence electrons. The molecule has 3 N–H and O–H groups in total. The molecule has 1 aliphatic carbocycles. The van der Waals surface area contributed by atoms with Gasteiger partial charge in [-0.05, 0) is 167 Å². The van der Waals surface area contributed by atoms with Crippen LogP contribution in [-0.4, -0.2) is 25.8 Å². The Kier molecular flexibility index (Phi) is 18.9. The molecule has 1 amide bonds. The van der Waals surface area contributed by atoms with E-state index in [-0.39, 0.29) is 11.3 Å². The SMILES string of the molecule is CC1=C(/C=C/C(C)=C/C=C/C(C)=C/C=C/C=C(C)/C=C/C=C(C)/C=C/c2ccc(C(=O)Nc3ccc(-c4c5nc(c(-c6ccc[n+](C)c6)c6ccc([nH]6)c(-c6ccc[n+](C)c6)c6nc(c(-c7ccc[n+](C)c7)c7ccc4[nH]7)C=C6)C=C5)cc3)cc2)C(C)(C)CCC1. The summed E-state index contributed by atoms with van der Waals surface area (Å²) in [5, 5.41) is 3.14. The standard InChI is InChI=1S/C82H80N8O/c1-56(19-11-12-20-57(2)22-14-24-59(4)30-40-68-60(5)25-15-49-82(68,6)7)21-13-23-58(3)29-31-61-32-34-63(35-33-61)81(91)83-67-38-36-62(37-39-67)77-69-41-43-71(84-69)78(64-26-16-50-88(8)53-64)73-45-47-75(86-73)80(66-28-18-52-90(10)55-66)76-48-46-74(87-76)79(72-44-42-70(77)85-72)65-27-17-51-89(9)54-65/h11-14,16-24,26-48,50-55H,15,25,49H2,1-10H3,(H2-,83,84,85,86,87,91)/q+2/p+1/b12-11+,21-13+,22-14+,31-29+,40-30+,56-19+,57-20+,58-23+,59-24+,77-69?,77-70?,78-71?,78-73?,79-72?,79-74?,80-75?,80-76?. The van der Waals surface area contributed by atoms with Gasteiger partial charge in [0.2, 0.25) is 0 Å². The van der Waals surface area contributed by atoms with E-state index in [1.165, 1.54) is 41.6 Å². The number of fused-ring (bicyclic) bond motifs is 8. The smallest absolute Gasteiger partial charge is 0.255 e. The number of aromatic nitrogens is 7. The highest BCUT2D eigenvalue weighted by molar-refractivity contribution is 6.05. The van der Waals surface area contributed by atoms with Crippen molar-refractivity contribution in [3.05, 3.63) is 293 Å². The summed E-state index contributed by atoms with van der Waals surface area (Å²) in [7, 11) is 6.12. The number of carbonyl (C=O) groups is 1. The average molecular weight is 1190 g/mol. The second-order valence-corrected chi connectivity index (χ2v) is 24.8. The molecule has 9 heteroatoms.